The van der Waals surface area contributed by atoms with Gasteiger partial charge in [0.25, 0.3) is 0 Å². The van der Waals surface area contributed by atoms with Crippen LogP contribution in [0.3, 0.4) is 0 Å². The molecule has 0 spiro atoms. The van der Waals surface area contributed by atoms with Gasteiger partial charge in [-0.1, -0.05) is 35.9 Å². The summed E-state index contributed by atoms with van der Waals surface area (Å²) in [6, 6.07) is 13.9. The number of amides is 1. The van der Waals surface area contributed by atoms with Gasteiger partial charge in [-0.25, -0.2) is 5.43 Å². The SMILES string of the molecule is COc1ccc(CNC(=O)C2CNNC2c2ccc(C)cc2)cc1OC. The largest absolute Gasteiger partial charge is 0.493 e. The highest BCUT2D eigenvalue weighted by Crippen LogP contribution is 2.28. The molecule has 6 nitrogen and oxygen atoms in total. The molecule has 1 aliphatic heterocycles. The van der Waals surface area contributed by atoms with Crippen molar-refractivity contribution < 1.29 is 14.3 Å². The average molecular weight is 355 g/mol. The summed E-state index contributed by atoms with van der Waals surface area (Å²) in [5, 5.41) is 3.03. The maximum absolute atomic E-state index is 12.7. The summed E-state index contributed by atoms with van der Waals surface area (Å²) in [6.45, 7) is 3.09. The summed E-state index contributed by atoms with van der Waals surface area (Å²) in [5.41, 5.74) is 9.57. The molecule has 1 fully saturated rings. The molecule has 3 rings (SSSR count). The number of carbonyl (C=O) groups excluding carboxylic acids is 1. The van der Waals surface area contributed by atoms with Crippen LogP contribution in [0.2, 0.25) is 0 Å². The second kappa shape index (κ2) is 8.21. The normalized spacial score (nSPS) is 19.2. The molecular formula is C20H25N3O3. The van der Waals surface area contributed by atoms with Crippen LogP contribution in [0.25, 0.3) is 0 Å². The van der Waals surface area contributed by atoms with Crippen molar-refractivity contribution in [3.05, 3.63) is 59.2 Å². The minimum Gasteiger partial charge on any atom is -0.493 e. The smallest absolute Gasteiger partial charge is 0.226 e. The third-order valence-electron chi connectivity index (χ3n) is 4.67. The zero-order chi connectivity index (χ0) is 18.5. The van der Waals surface area contributed by atoms with Gasteiger partial charge in [-0.2, -0.15) is 0 Å². The van der Waals surface area contributed by atoms with Gasteiger partial charge in [-0.3, -0.25) is 10.2 Å². The van der Waals surface area contributed by atoms with E-state index in [2.05, 4.69) is 47.4 Å². The molecule has 0 bridgehead atoms. The van der Waals surface area contributed by atoms with Gasteiger partial charge >= 0.3 is 0 Å². The van der Waals surface area contributed by atoms with Crippen LogP contribution in [-0.4, -0.2) is 26.7 Å². The molecule has 0 aliphatic carbocycles. The van der Waals surface area contributed by atoms with E-state index in [9.17, 15) is 4.79 Å². The van der Waals surface area contributed by atoms with E-state index in [1.165, 1.54) is 5.56 Å². The molecule has 0 aromatic heterocycles. The predicted octanol–water partition coefficient (Wildman–Crippen LogP) is 2.09. The van der Waals surface area contributed by atoms with E-state index in [0.717, 1.165) is 11.1 Å². The lowest BCUT2D eigenvalue weighted by molar-refractivity contribution is -0.125. The van der Waals surface area contributed by atoms with Crippen molar-refractivity contribution >= 4 is 5.91 Å². The van der Waals surface area contributed by atoms with Gasteiger partial charge in [0.1, 0.15) is 0 Å². The molecule has 138 valence electrons. The summed E-state index contributed by atoms with van der Waals surface area (Å²) in [7, 11) is 3.20. The van der Waals surface area contributed by atoms with Crippen molar-refractivity contribution in [1.82, 2.24) is 16.2 Å². The monoisotopic (exact) mass is 355 g/mol. The summed E-state index contributed by atoms with van der Waals surface area (Å²) in [6.07, 6.45) is 0. The quantitative estimate of drug-likeness (QED) is 0.740. The van der Waals surface area contributed by atoms with Crippen LogP contribution in [0.5, 0.6) is 11.5 Å². The maximum atomic E-state index is 12.7. The van der Waals surface area contributed by atoms with Crippen molar-refractivity contribution in [3.63, 3.8) is 0 Å². The Bertz CT molecular complexity index is 761. The Morgan fingerprint density at radius 1 is 1.12 bits per heavy atom. The van der Waals surface area contributed by atoms with Crippen LogP contribution >= 0.6 is 0 Å². The molecule has 2 unspecified atom stereocenters. The van der Waals surface area contributed by atoms with Crippen LogP contribution in [0.15, 0.2) is 42.5 Å². The number of carbonyl (C=O) groups is 1. The summed E-state index contributed by atoms with van der Waals surface area (Å²) in [5.74, 6) is 1.17. The highest BCUT2D eigenvalue weighted by molar-refractivity contribution is 5.80. The molecule has 0 saturated carbocycles. The molecule has 1 saturated heterocycles. The molecule has 2 atom stereocenters. The minimum absolute atomic E-state index is 0.0165. The number of hydrogen-bond acceptors (Lipinski definition) is 5. The summed E-state index contributed by atoms with van der Waals surface area (Å²) in [4.78, 5) is 12.7. The van der Waals surface area contributed by atoms with Gasteiger partial charge in [0.05, 0.1) is 26.2 Å². The van der Waals surface area contributed by atoms with Crippen LogP contribution in [-0.2, 0) is 11.3 Å². The van der Waals surface area contributed by atoms with E-state index in [1.54, 1.807) is 14.2 Å². The Hall–Kier alpha value is -2.57. The Morgan fingerprint density at radius 3 is 2.54 bits per heavy atom. The van der Waals surface area contributed by atoms with Gasteiger partial charge < -0.3 is 14.8 Å². The fourth-order valence-corrected chi connectivity index (χ4v) is 3.14. The average Bonchev–Trinajstić information content (AvgIpc) is 3.16. The molecule has 3 N–H and O–H groups in total. The van der Waals surface area contributed by atoms with E-state index < -0.39 is 0 Å². The van der Waals surface area contributed by atoms with Crippen LogP contribution in [0, 0.1) is 12.8 Å². The Kier molecular flexibility index (Phi) is 5.75. The number of nitrogens with one attached hydrogen (secondary N) is 3. The second-order valence-electron chi connectivity index (χ2n) is 6.43. The van der Waals surface area contributed by atoms with Gasteiger partial charge in [0, 0.05) is 13.1 Å². The van der Waals surface area contributed by atoms with Gasteiger partial charge in [0.2, 0.25) is 5.91 Å². The number of benzene rings is 2. The standard InChI is InChI=1S/C20H25N3O3/c1-13-4-7-15(8-5-13)19-16(12-22-23-19)20(24)21-11-14-6-9-17(25-2)18(10-14)26-3/h4-10,16,19,22-23H,11-12H2,1-3H3,(H,21,24). The molecule has 1 heterocycles. The van der Waals surface area contributed by atoms with E-state index in [-0.39, 0.29) is 17.9 Å². The molecule has 0 radical (unpaired) electrons. The number of ether oxygens (including phenoxy) is 2. The van der Waals surface area contributed by atoms with E-state index in [0.29, 0.717) is 24.6 Å². The van der Waals surface area contributed by atoms with Crippen LogP contribution < -0.4 is 25.6 Å². The molecular weight excluding hydrogens is 330 g/mol. The minimum atomic E-state index is -0.169. The van der Waals surface area contributed by atoms with E-state index in [1.807, 2.05) is 18.2 Å². The topological polar surface area (TPSA) is 71.6 Å². The Balaban J connectivity index is 1.65. The number of rotatable bonds is 6. The first kappa shape index (κ1) is 18.2. The molecule has 6 heteroatoms. The van der Waals surface area contributed by atoms with E-state index >= 15 is 0 Å². The lowest BCUT2D eigenvalue weighted by Crippen LogP contribution is -2.34. The van der Waals surface area contributed by atoms with Crippen molar-refractivity contribution in [2.45, 2.75) is 19.5 Å². The van der Waals surface area contributed by atoms with E-state index in [4.69, 9.17) is 9.47 Å². The van der Waals surface area contributed by atoms with Crippen molar-refractivity contribution in [1.29, 1.82) is 0 Å². The number of methoxy groups -OCH3 is 2. The lowest BCUT2D eigenvalue weighted by Gasteiger charge is -2.19. The molecule has 2 aromatic carbocycles. The molecule has 1 aliphatic rings. The van der Waals surface area contributed by atoms with Gasteiger partial charge in [-0.15, -0.1) is 0 Å². The van der Waals surface area contributed by atoms with Gasteiger partial charge in [0.15, 0.2) is 11.5 Å². The Labute approximate surface area is 153 Å². The highest BCUT2D eigenvalue weighted by atomic mass is 16.5. The summed E-state index contributed by atoms with van der Waals surface area (Å²) < 4.78 is 10.6. The summed E-state index contributed by atoms with van der Waals surface area (Å²) >= 11 is 0. The van der Waals surface area contributed by atoms with Crippen LogP contribution in [0.4, 0.5) is 0 Å². The van der Waals surface area contributed by atoms with Crippen LogP contribution in [0.1, 0.15) is 22.7 Å². The third-order valence-corrected chi connectivity index (χ3v) is 4.67. The first-order chi connectivity index (χ1) is 12.6. The first-order valence-electron chi connectivity index (χ1n) is 8.66. The molecule has 26 heavy (non-hydrogen) atoms. The Morgan fingerprint density at radius 2 is 1.85 bits per heavy atom. The van der Waals surface area contributed by atoms with Crippen molar-refractivity contribution in [2.75, 3.05) is 20.8 Å². The lowest BCUT2D eigenvalue weighted by atomic mass is 9.93. The predicted molar refractivity (Wildman–Crippen MR) is 99.9 cm³/mol. The number of hydrogen-bond donors (Lipinski definition) is 3. The molecule has 1 amide bonds. The fourth-order valence-electron chi connectivity index (χ4n) is 3.14. The number of hydrazine groups is 1. The molecule has 2 aromatic rings. The maximum Gasteiger partial charge on any atom is 0.226 e. The fraction of sp³-hybridized carbons (Fsp3) is 0.350. The highest BCUT2D eigenvalue weighted by Gasteiger charge is 2.33. The van der Waals surface area contributed by atoms with Crippen molar-refractivity contribution in [2.24, 2.45) is 5.92 Å². The third kappa shape index (κ3) is 3.98. The van der Waals surface area contributed by atoms with Gasteiger partial charge in [-0.05, 0) is 30.2 Å². The van der Waals surface area contributed by atoms with Crippen molar-refractivity contribution in [3.8, 4) is 11.5 Å². The second-order valence-corrected chi connectivity index (χ2v) is 6.43. The zero-order valence-electron chi connectivity index (χ0n) is 15.3. The zero-order valence-corrected chi connectivity index (χ0v) is 15.3. The number of aryl methyl sites for hydroxylation is 1. The first-order valence-corrected chi connectivity index (χ1v) is 8.66.